The van der Waals surface area contributed by atoms with Gasteiger partial charge in [-0.05, 0) is 27.7 Å². The molecule has 2 atom stereocenters. The van der Waals surface area contributed by atoms with Gasteiger partial charge in [0.1, 0.15) is 0 Å². The summed E-state index contributed by atoms with van der Waals surface area (Å²) in [5, 5.41) is 29.9. The maximum absolute atomic E-state index is 11.8. The quantitative estimate of drug-likeness (QED) is 0.521. The summed E-state index contributed by atoms with van der Waals surface area (Å²) in [4.78, 5) is 23.9. The molecule has 0 fully saturated rings. The number of amides is 2. The van der Waals surface area contributed by atoms with E-state index in [4.69, 9.17) is 5.11 Å². The van der Waals surface area contributed by atoms with Crippen LogP contribution in [-0.2, 0) is 4.79 Å². The van der Waals surface area contributed by atoms with Crippen LogP contribution in [0.25, 0.3) is 0 Å². The fourth-order valence-electron chi connectivity index (χ4n) is 1.41. The largest absolute Gasteiger partial charge is 0.480 e. The number of hydrogen-bond donors (Lipinski definition) is 4. The van der Waals surface area contributed by atoms with Crippen LogP contribution in [0.15, 0.2) is 0 Å². The van der Waals surface area contributed by atoms with E-state index in [0.29, 0.717) is 6.54 Å². The van der Waals surface area contributed by atoms with Gasteiger partial charge in [-0.1, -0.05) is 0 Å². The lowest BCUT2D eigenvalue weighted by Gasteiger charge is -2.29. The Morgan fingerprint density at radius 3 is 2.17 bits per heavy atom. The molecular weight excluding hydrogens is 240 g/mol. The number of urea groups is 1. The molecule has 0 saturated heterocycles. The Hall–Kier alpha value is -1.34. The predicted molar refractivity (Wildman–Crippen MR) is 65.2 cm³/mol. The molecule has 7 heteroatoms. The maximum atomic E-state index is 11.8. The van der Waals surface area contributed by atoms with Gasteiger partial charge in [-0.25, -0.2) is 9.59 Å². The lowest BCUT2D eigenvalue weighted by molar-refractivity contribution is -0.141. The molecule has 0 aromatic carbocycles. The summed E-state index contributed by atoms with van der Waals surface area (Å²) >= 11 is 0. The van der Waals surface area contributed by atoms with Crippen LogP contribution in [0.1, 0.15) is 27.7 Å². The third-order valence-electron chi connectivity index (χ3n) is 2.27. The number of carboxylic acid groups (broad SMARTS) is 1. The Labute approximate surface area is 106 Å². The molecule has 0 radical (unpaired) electrons. The van der Waals surface area contributed by atoms with Crippen molar-refractivity contribution in [1.29, 1.82) is 0 Å². The molecule has 0 rings (SSSR count). The molecule has 0 heterocycles. The Balaban J connectivity index is 4.65. The van der Waals surface area contributed by atoms with Crippen LogP contribution in [-0.4, -0.2) is 63.1 Å². The topological polar surface area (TPSA) is 110 Å². The van der Waals surface area contributed by atoms with Crippen molar-refractivity contribution in [3.8, 4) is 0 Å². The molecule has 2 amide bonds. The van der Waals surface area contributed by atoms with Gasteiger partial charge in [0.2, 0.25) is 0 Å². The smallest absolute Gasteiger partial charge is 0.328 e. The molecule has 18 heavy (non-hydrogen) atoms. The lowest BCUT2D eigenvalue weighted by atomic mass is 10.1. The van der Waals surface area contributed by atoms with Crippen LogP contribution in [0.4, 0.5) is 4.79 Å². The van der Waals surface area contributed by atoms with Crippen molar-refractivity contribution in [2.45, 2.75) is 45.4 Å². The molecule has 0 saturated carbocycles. The highest BCUT2D eigenvalue weighted by Gasteiger charge is 2.28. The SMILES string of the molecule is CCN(CC(C)(C)O)C(=O)N[C@H](C(=O)O)[C@@H](C)O. The van der Waals surface area contributed by atoms with E-state index in [1.165, 1.54) is 11.8 Å². The number of aliphatic hydroxyl groups is 2. The number of carbonyl (C=O) groups is 2. The molecule has 0 aromatic rings. The molecule has 0 aromatic heterocycles. The zero-order valence-electron chi connectivity index (χ0n) is 11.2. The number of carboxylic acids is 1. The standard InChI is InChI=1S/C11H22N2O5/c1-5-13(6-11(3,4)18)10(17)12-8(7(2)14)9(15)16/h7-8,14,18H,5-6H2,1-4H3,(H,12,17)(H,15,16)/t7-,8+/m1/s1. The monoisotopic (exact) mass is 262 g/mol. The number of aliphatic carboxylic acids is 1. The first kappa shape index (κ1) is 16.7. The number of nitrogens with zero attached hydrogens (tertiary/aromatic N) is 1. The molecule has 7 nitrogen and oxygen atoms in total. The van der Waals surface area contributed by atoms with Crippen molar-refractivity contribution in [3.63, 3.8) is 0 Å². The average molecular weight is 262 g/mol. The molecule has 4 N–H and O–H groups in total. The van der Waals surface area contributed by atoms with Gasteiger partial charge >= 0.3 is 12.0 Å². The zero-order chi connectivity index (χ0) is 14.5. The summed E-state index contributed by atoms with van der Waals surface area (Å²) in [5.74, 6) is -1.31. The Kier molecular flexibility index (Phi) is 6.07. The number of aliphatic hydroxyl groups excluding tert-OH is 1. The van der Waals surface area contributed by atoms with Crippen molar-refractivity contribution in [3.05, 3.63) is 0 Å². The van der Waals surface area contributed by atoms with Gasteiger partial charge in [0.05, 0.1) is 18.2 Å². The van der Waals surface area contributed by atoms with Gasteiger partial charge in [-0.3, -0.25) is 0 Å². The van der Waals surface area contributed by atoms with Crippen LogP contribution in [0.3, 0.4) is 0 Å². The number of likely N-dealkylation sites (N-methyl/N-ethyl adjacent to an activating group) is 1. The third kappa shape index (κ3) is 5.83. The van der Waals surface area contributed by atoms with E-state index in [2.05, 4.69) is 5.32 Å². The molecule has 106 valence electrons. The van der Waals surface area contributed by atoms with Crippen LogP contribution in [0.2, 0.25) is 0 Å². The molecule has 0 spiro atoms. The second kappa shape index (κ2) is 6.55. The zero-order valence-corrected chi connectivity index (χ0v) is 11.2. The summed E-state index contributed by atoms with van der Waals surface area (Å²) < 4.78 is 0. The van der Waals surface area contributed by atoms with Gasteiger partial charge in [-0.15, -0.1) is 0 Å². The van der Waals surface area contributed by atoms with E-state index in [1.807, 2.05) is 0 Å². The summed E-state index contributed by atoms with van der Waals surface area (Å²) in [6.45, 7) is 6.48. The fraction of sp³-hybridized carbons (Fsp3) is 0.818. The molecular formula is C11H22N2O5. The summed E-state index contributed by atoms with van der Waals surface area (Å²) in [6.07, 6.45) is -1.20. The van der Waals surface area contributed by atoms with Crippen molar-refractivity contribution in [1.82, 2.24) is 10.2 Å². The Morgan fingerprint density at radius 1 is 1.39 bits per heavy atom. The fourth-order valence-corrected chi connectivity index (χ4v) is 1.41. The van der Waals surface area contributed by atoms with Gasteiger partial charge in [0, 0.05) is 6.54 Å². The lowest BCUT2D eigenvalue weighted by Crippen LogP contribution is -2.54. The normalized spacial score (nSPS) is 14.8. The molecule has 0 aliphatic carbocycles. The van der Waals surface area contributed by atoms with Gasteiger partial charge < -0.3 is 25.5 Å². The van der Waals surface area contributed by atoms with E-state index >= 15 is 0 Å². The number of hydrogen-bond acceptors (Lipinski definition) is 4. The van der Waals surface area contributed by atoms with Crippen molar-refractivity contribution in [2.24, 2.45) is 0 Å². The number of rotatable bonds is 6. The van der Waals surface area contributed by atoms with E-state index < -0.39 is 29.7 Å². The third-order valence-corrected chi connectivity index (χ3v) is 2.27. The minimum absolute atomic E-state index is 0.0709. The van der Waals surface area contributed by atoms with Crippen LogP contribution in [0, 0.1) is 0 Å². The van der Waals surface area contributed by atoms with Crippen LogP contribution >= 0.6 is 0 Å². The summed E-state index contributed by atoms with van der Waals surface area (Å²) in [5.41, 5.74) is -1.07. The number of carbonyl (C=O) groups excluding carboxylic acids is 1. The van der Waals surface area contributed by atoms with Gasteiger partial charge in [-0.2, -0.15) is 0 Å². The number of nitrogens with one attached hydrogen (secondary N) is 1. The first-order valence-electron chi connectivity index (χ1n) is 5.77. The van der Waals surface area contributed by atoms with Crippen molar-refractivity contribution >= 4 is 12.0 Å². The van der Waals surface area contributed by atoms with E-state index in [1.54, 1.807) is 20.8 Å². The van der Waals surface area contributed by atoms with Crippen molar-refractivity contribution in [2.75, 3.05) is 13.1 Å². The molecule has 0 aliphatic heterocycles. The second-order valence-electron chi connectivity index (χ2n) is 4.83. The first-order chi connectivity index (χ1) is 8.08. The van der Waals surface area contributed by atoms with E-state index in [-0.39, 0.29) is 6.54 Å². The second-order valence-corrected chi connectivity index (χ2v) is 4.83. The van der Waals surface area contributed by atoms with Crippen molar-refractivity contribution < 1.29 is 24.9 Å². The van der Waals surface area contributed by atoms with Gasteiger partial charge in [0.25, 0.3) is 0 Å². The Bertz CT molecular complexity index is 298. The maximum Gasteiger partial charge on any atom is 0.328 e. The minimum Gasteiger partial charge on any atom is -0.480 e. The highest BCUT2D eigenvalue weighted by atomic mass is 16.4. The predicted octanol–water partition coefficient (Wildman–Crippen LogP) is -0.377. The first-order valence-corrected chi connectivity index (χ1v) is 5.77. The Morgan fingerprint density at radius 2 is 1.89 bits per heavy atom. The highest BCUT2D eigenvalue weighted by molar-refractivity contribution is 5.83. The summed E-state index contributed by atoms with van der Waals surface area (Å²) in [6, 6.07) is -2.00. The highest BCUT2D eigenvalue weighted by Crippen LogP contribution is 2.05. The molecule has 0 unspecified atom stereocenters. The van der Waals surface area contributed by atoms with E-state index in [0.717, 1.165) is 0 Å². The van der Waals surface area contributed by atoms with Crippen LogP contribution < -0.4 is 5.32 Å². The molecule has 0 aliphatic rings. The minimum atomic E-state index is -1.37. The van der Waals surface area contributed by atoms with E-state index in [9.17, 15) is 19.8 Å². The van der Waals surface area contributed by atoms with Gasteiger partial charge in [0.15, 0.2) is 6.04 Å². The average Bonchev–Trinajstić information content (AvgIpc) is 2.19. The summed E-state index contributed by atoms with van der Waals surface area (Å²) in [7, 11) is 0. The molecule has 0 bridgehead atoms. The van der Waals surface area contributed by atoms with Crippen LogP contribution in [0.5, 0.6) is 0 Å².